The monoisotopic (exact) mass is 446 g/mol. The van der Waals surface area contributed by atoms with Crippen molar-refractivity contribution >= 4 is 21.4 Å². The summed E-state index contributed by atoms with van der Waals surface area (Å²) in [4.78, 5) is 15.2. The number of hydrogen-bond acceptors (Lipinski definition) is 6. The van der Waals surface area contributed by atoms with E-state index in [4.69, 9.17) is 9.47 Å². The number of carbonyl (C=O) groups excluding carboxylic acids is 1. The first-order chi connectivity index (χ1) is 15.0. The lowest BCUT2D eigenvalue weighted by atomic mass is 10.0. The van der Waals surface area contributed by atoms with Crippen LogP contribution in [0.15, 0.2) is 54.6 Å². The summed E-state index contributed by atoms with van der Waals surface area (Å²) < 4.78 is 34.6. The summed E-state index contributed by atoms with van der Waals surface area (Å²) in [5.74, 6) is -0.0454. The first kappa shape index (κ1) is 23.4. The number of anilines is 1. The van der Waals surface area contributed by atoms with Gasteiger partial charge in [0.2, 0.25) is 5.91 Å². The minimum Gasteiger partial charge on any atom is -0.379 e. The van der Waals surface area contributed by atoms with E-state index >= 15 is 0 Å². The summed E-state index contributed by atoms with van der Waals surface area (Å²) in [5, 5.41) is 3.00. The fourth-order valence-electron chi connectivity index (χ4n) is 3.55. The highest BCUT2D eigenvalue weighted by atomic mass is 32.2. The van der Waals surface area contributed by atoms with Crippen molar-refractivity contribution in [3.8, 4) is 0 Å². The molecule has 1 atom stereocenters. The van der Waals surface area contributed by atoms with Crippen molar-refractivity contribution in [3.05, 3.63) is 65.7 Å². The van der Waals surface area contributed by atoms with Crippen LogP contribution in [-0.2, 0) is 30.7 Å². The Morgan fingerprint density at radius 1 is 1.03 bits per heavy atom. The van der Waals surface area contributed by atoms with Gasteiger partial charge in [-0.1, -0.05) is 42.5 Å². The van der Waals surface area contributed by atoms with Crippen molar-refractivity contribution in [2.45, 2.75) is 19.6 Å². The minimum atomic E-state index is -3.03. The highest BCUT2D eigenvalue weighted by molar-refractivity contribution is 7.91. The molecule has 0 radical (unpaired) electrons. The van der Waals surface area contributed by atoms with E-state index in [1.54, 1.807) is 0 Å². The fraction of sp³-hybridized carbons (Fsp3) is 0.435. The number of ether oxygens (including phenoxy) is 2. The molecule has 1 saturated heterocycles. The van der Waals surface area contributed by atoms with Crippen LogP contribution in [0.5, 0.6) is 0 Å². The van der Waals surface area contributed by atoms with E-state index in [1.807, 2.05) is 66.4 Å². The van der Waals surface area contributed by atoms with Gasteiger partial charge in [0.05, 0.1) is 31.3 Å². The van der Waals surface area contributed by atoms with E-state index in [-0.39, 0.29) is 17.4 Å². The lowest BCUT2D eigenvalue weighted by Crippen LogP contribution is -2.46. The molecule has 1 amide bonds. The third-order valence-corrected chi connectivity index (χ3v) is 6.76. The zero-order valence-electron chi connectivity index (χ0n) is 17.8. The summed E-state index contributed by atoms with van der Waals surface area (Å²) in [7, 11) is -3.03. The lowest BCUT2D eigenvalue weighted by Gasteiger charge is -2.33. The number of carbonyl (C=O) groups is 1. The molecule has 168 valence electrons. The molecule has 0 saturated carbocycles. The van der Waals surface area contributed by atoms with E-state index in [0.717, 1.165) is 11.1 Å². The average molecular weight is 447 g/mol. The Bertz CT molecular complexity index is 935. The number of benzene rings is 2. The van der Waals surface area contributed by atoms with Crippen molar-refractivity contribution in [2.24, 2.45) is 0 Å². The molecule has 1 fully saturated rings. The Labute approximate surface area is 184 Å². The average Bonchev–Trinajstić information content (AvgIpc) is 2.76. The lowest BCUT2D eigenvalue weighted by molar-refractivity contribution is -0.121. The van der Waals surface area contributed by atoms with E-state index in [2.05, 4.69) is 5.32 Å². The van der Waals surface area contributed by atoms with Crippen LogP contribution in [0.2, 0.25) is 0 Å². The Balaban J connectivity index is 1.68. The van der Waals surface area contributed by atoms with Gasteiger partial charge in [0.15, 0.2) is 9.84 Å². The van der Waals surface area contributed by atoms with Gasteiger partial charge in [-0.05, 0) is 30.2 Å². The number of rotatable bonds is 10. The van der Waals surface area contributed by atoms with Crippen LogP contribution in [0.1, 0.15) is 24.1 Å². The van der Waals surface area contributed by atoms with Crippen LogP contribution in [-0.4, -0.2) is 63.6 Å². The van der Waals surface area contributed by atoms with Gasteiger partial charge in [-0.25, -0.2) is 8.42 Å². The molecule has 0 spiro atoms. The van der Waals surface area contributed by atoms with Crippen molar-refractivity contribution < 1.29 is 22.7 Å². The molecule has 1 heterocycles. The van der Waals surface area contributed by atoms with Crippen LogP contribution in [0.4, 0.5) is 5.69 Å². The summed E-state index contributed by atoms with van der Waals surface area (Å²) >= 11 is 0. The number of amides is 1. The van der Waals surface area contributed by atoms with Crippen LogP contribution in [0, 0.1) is 0 Å². The topological polar surface area (TPSA) is 84.9 Å². The second kappa shape index (κ2) is 11.4. The maximum Gasteiger partial charge on any atom is 0.246 e. The SMILES string of the molecule is CCOCCOCc1cccc(NC(=O)C(c2ccccc2)N2CCS(=O)(=O)CC2)c1. The zero-order valence-corrected chi connectivity index (χ0v) is 18.6. The highest BCUT2D eigenvalue weighted by Gasteiger charge is 2.32. The molecule has 0 bridgehead atoms. The number of sulfone groups is 1. The standard InChI is InChI=1S/C23H30N2O5S/c1-2-29-13-14-30-18-19-7-6-10-21(17-19)24-23(26)22(20-8-4-3-5-9-20)25-11-15-31(27,28)16-12-25/h3-10,17,22H,2,11-16,18H2,1H3,(H,24,26). The molecule has 1 N–H and O–H groups in total. The summed E-state index contributed by atoms with van der Waals surface area (Å²) in [6, 6.07) is 16.5. The Morgan fingerprint density at radius 3 is 2.45 bits per heavy atom. The fourth-order valence-corrected chi connectivity index (χ4v) is 4.78. The van der Waals surface area contributed by atoms with Gasteiger partial charge >= 0.3 is 0 Å². The number of nitrogens with one attached hydrogen (secondary N) is 1. The molecule has 8 heteroatoms. The van der Waals surface area contributed by atoms with Gasteiger partial charge in [0, 0.05) is 25.4 Å². The van der Waals surface area contributed by atoms with Crippen LogP contribution < -0.4 is 5.32 Å². The van der Waals surface area contributed by atoms with E-state index < -0.39 is 15.9 Å². The highest BCUT2D eigenvalue weighted by Crippen LogP contribution is 2.25. The molecule has 7 nitrogen and oxygen atoms in total. The maximum atomic E-state index is 13.3. The molecule has 31 heavy (non-hydrogen) atoms. The maximum absolute atomic E-state index is 13.3. The van der Waals surface area contributed by atoms with Crippen molar-refractivity contribution in [1.29, 1.82) is 0 Å². The molecule has 1 aliphatic heterocycles. The smallest absolute Gasteiger partial charge is 0.246 e. The summed E-state index contributed by atoms with van der Waals surface area (Å²) in [5.41, 5.74) is 2.48. The predicted molar refractivity (Wildman–Crippen MR) is 121 cm³/mol. The molecule has 2 aromatic carbocycles. The zero-order chi connectivity index (χ0) is 22.1. The number of hydrogen-bond donors (Lipinski definition) is 1. The van der Waals surface area contributed by atoms with Crippen LogP contribution in [0.25, 0.3) is 0 Å². The first-order valence-electron chi connectivity index (χ1n) is 10.5. The van der Waals surface area contributed by atoms with Gasteiger partial charge in [0.25, 0.3) is 0 Å². The molecule has 0 aliphatic carbocycles. The normalized spacial score (nSPS) is 17.2. The third kappa shape index (κ3) is 7.14. The first-order valence-corrected chi connectivity index (χ1v) is 12.4. The summed E-state index contributed by atoms with van der Waals surface area (Å²) in [6.07, 6.45) is 0. The molecular formula is C23H30N2O5S. The van der Waals surface area contributed by atoms with Crippen LogP contribution >= 0.6 is 0 Å². The van der Waals surface area contributed by atoms with Crippen molar-refractivity contribution in [3.63, 3.8) is 0 Å². The second-order valence-corrected chi connectivity index (χ2v) is 9.74. The summed E-state index contributed by atoms with van der Waals surface area (Å²) in [6.45, 7) is 4.78. The quantitative estimate of drug-likeness (QED) is 0.565. The van der Waals surface area contributed by atoms with E-state index in [0.29, 0.717) is 45.2 Å². The molecule has 2 aromatic rings. The van der Waals surface area contributed by atoms with Crippen molar-refractivity contribution in [2.75, 3.05) is 49.7 Å². The van der Waals surface area contributed by atoms with Gasteiger partial charge in [0.1, 0.15) is 6.04 Å². The minimum absolute atomic E-state index is 0.0676. The molecular weight excluding hydrogens is 416 g/mol. The Hall–Kier alpha value is -2.26. The van der Waals surface area contributed by atoms with Crippen molar-refractivity contribution in [1.82, 2.24) is 4.90 Å². The second-order valence-electron chi connectivity index (χ2n) is 7.44. The Morgan fingerprint density at radius 2 is 1.74 bits per heavy atom. The van der Waals surface area contributed by atoms with Gasteiger partial charge in [-0.15, -0.1) is 0 Å². The molecule has 3 rings (SSSR count). The van der Waals surface area contributed by atoms with Crippen LogP contribution in [0.3, 0.4) is 0 Å². The van der Waals surface area contributed by atoms with Gasteiger partial charge in [-0.2, -0.15) is 0 Å². The molecule has 1 unspecified atom stereocenters. The van der Waals surface area contributed by atoms with Gasteiger partial charge < -0.3 is 14.8 Å². The van der Waals surface area contributed by atoms with Gasteiger partial charge in [-0.3, -0.25) is 9.69 Å². The Kier molecular flexibility index (Phi) is 8.60. The predicted octanol–water partition coefficient (Wildman–Crippen LogP) is 2.65. The van der Waals surface area contributed by atoms with E-state index in [1.165, 1.54) is 0 Å². The largest absolute Gasteiger partial charge is 0.379 e. The van der Waals surface area contributed by atoms with E-state index in [9.17, 15) is 13.2 Å². The third-order valence-electron chi connectivity index (χ3n) is 5.15. The number of nitrogens with zero attached hydrogens (tertiary/aromatic N) is 1. The molecule has 1 aliphatic rings. The molecule has 0 aromatic heterocycles.